The average molecular weight is 750 g/mol. The van der Waals surface area contributed by atoms with Crippen molar-refractivity contribution in [3.05, 3.63) is 212 Å². The molecule has 0 spiro atoms. The van der Waals surface area contributed by atoms with Crippen molar-refractivity contribution in [3.8, 4) is 50.6 Å². The maximum atomic E-state index is 5.34. The molecule has 0 fully saturated rings. The van der Waals surface area contributed by atoms with Gasteiger partial charge in [0.25, 0.3) is 0 Å². The monoisotopic (exact) mass is 749 g/mol. The first kappa shape index (κ1) is 33.3. The number of pyridine rings is 2. The Morgan fingerprint density at radius 2 is 0.881 bits per heavy atom. The number of fused-ring (bicyclic) bond motifs is 8. The highest BCUT2D eigenvalue weighted by molar-refractivity contribution is 6.20. The molecule has 59 heavy (non-hydrogen) atoms. The number of para-hydroxylation sites is 2. The van der Waals surface area contributed by atoms with E-state index in [4.69, 9.17) is 9.97 Å². The van der Waals surface area contributed by atoms with E-state index >= 15 is 0 Å². The lowest BCUT2D eigenvalue weighted by molar-refractivity contribution is 1.18. The van der Waals surface area contributed by atoms with Gasteiger partial charge >= 0.3 is 0 Å². The van der Waals surface area contributed by atoms with Crippen LogP contribution in [0.2, 0.25) is 0 Å². The van der Waals surface area contributed by atoms with E-state index in [0.717, 1.165) is 66.8 Å². The number of aromatic nitrogens is 3. The molecule has 9 aromatic carbocycles. The van der Waals surface area contributed by atoms with Crippen LogP contribution in [-0.2, 0) is 0 Å². The summed E-state index contributed by atoms with van der Waals surface area (Å²) >= 11 is 0. The number of benzene rings is 9. The minimum absolute atomic E-state index is 0.934. The molecule has 3 heterocycles. The van der Waals surface area contributed by atoms with Crippen LogP contribution in [0.4, 0.5) is 0 Å². The quantitative estimate of drug-likeness (QED) is 0.164. The van der Waals surface area contributed by atoms with Gasteiger partial charge in [-0.2, -0.15) is 0 Å². The SMILES string of the molecule is c1ccc(-c2nc3ccccc3c3cc4c5ccccc5n(-c5ccc(-c6cc(-c7ccc8ccccc8c7)cc(-c7ccc8ccccc8c7)n6)cc5)c4cc23)cc1. The number of hydrogen-bond acceptors (Lipinski definition) is 2. The Morgan fingerprint density at radius 1 is 0.288 bits per heavy atom. The van der Waals surface area contributed by atoms with Crippen LogP contribution in [0.5, 0.6) is 0 Å². The van der Waals surface area contributed by atoms with E-state index in [1.807, 2.05) is 0 Å². The van der Waals surface area contributed by atoms with Crippen LogP contribution in [0.3, 0.4) is 0 Å². The fraction of sp³-hybridized carbons (Fsp3) is 0. The summed E-state index contributed by atoms with van der Waals surface area (Å²) in [7, 11) is 0. The third-order valence-electron chi connectivity index (χ3n) is 11.9. The lowest BCUT2D eigenvalue weighted by atomic mass is 9.97. The smallest absolute Gasteiger partial charge is 0.0788 e. The molecule has 3 aromatic heterocycles. The zero-order valence-electron chi connectivity index (χ0n) is 32.0. The highest BCUT2D eigenvalue weighted by atomic mass is 15.0. The summed E-state index contributed by atoms with van der Waals surface area (Å²) < 4.78 is 2.40. The summed E-state index contributed by atoms with van der Waals surface area (Å²) in [6.45, 7) is 0. The van der Waals surface area contributed by atoms with E-state index in [0.29, 0.717) is 0 Å². The van der Waals surface area contributed by atoms with Crippen LogP contribution >= 0.6 is 0 Å². The van der Waals surface area contributed by atoms with Crippen molar-refractivity contribution >= 4 is 65.0 Å². The fourth-order valence-electron chi connectivity index (χ4n) is 9.00. The lowest BCUT2D eigenvalue weighted by Gasteiger charge is -2.14. The normalized spacial score (nSPS) is 11.7. The maximum Gasteiger partial charge on any atom is 0.0788 e. The van der Waals surface area contributed by atoms with Gasteiger partial charge in [-0.1, -0.05) is 152 Å². The Kier molecular flexibility index (Phi) is 7.54. The van der Waals surface area contributed by atoms with Crippen molar-refractivity contribution < 1.29 is 0 Å². The van der Waals surface area contributed by atoms with Gasteiger partial charge in [-0.15, -0.1) is 0 Å². The van der Waals surface area contributed by atoms with E-state index in [1.165, 1.54) is 48.8 Å². The largest absolute Gasteiger partial charge is 0.309 e. The van der Waals surface area contributed by atoms with Crippen LogP contribution in [0.1, 0.15) is 0 Å². The van der Waals surface area contributed by atoms with Gasteiger partial charge in [0.2, 0.25) is 0 Å². The summed E-state index contributed by atoms with van der Waals surface area (Å²) in [5.41, 5.74) is 12.9. The molecule has 0 saturated heterocycles. The van der Waals surface area contributed by atoms with E-state index in [2.05, 4.69) is 217 Å². The summed E-state index contributed by atoms with van der Waals surface area (Å²) in [6.07, 6.45) is 0. The molecule has 0 N–H and O–H groups in total. The summed E-state index contributed by atoms with van der Waals surface area (Å²) in [5.74, 6) is 0. The van der Waals surface area contributed by atoms with Gasteiger partial charge in [-0.05, 0) is 98.7 Å². The average Bonchev–Trinajstić information content (AvgIpc) is 3.63. The molecule has 0 atom stereocenters. The topological polar surface area (TPSA) is 30.7 Å². The van der Waals surface area contributed by atoms with Gasteiger partial charge in [-0.3, -0.25) is 0 Å². The first-order chi connectivity index (χ1) is 29.2. The van der Waals surface area contributed by atoms with Crippen LogP contribution in [0, 0.1) is 0 Å². The van der Waals surface area contributed by atoms with Crippen molar-refractivity contribution in [1.82, 2.24) is 14.5 Å². The Bertz CT molecular complexity index is 3500. The minimum Gasteiger partial charge on any atom is -0.309 e. The zero-order valence-corrected chi connectivity index (χ0v) is 32.0. The summed E-state index contributed by atoms with van der Waals surface area (Å²) in [6, 6.07) is 76.3. The van der Waals surface area contributed by atoms with Crippen LogP contribution < -0.4 is 0 Å². The third-order valence-corrected chi connectivity index (χ3v) is 11.9. The van der Waals surface area contributed by atoms with E-state index in [1.54, 1.807) is 0 Å². The van der Waals surface area contributed by atoms with E-state index in [9.17, 15) is 0 Å². The minimum atomic E-state index is 0.934. The molecule has 3 heteroatoms. The predicted molar refractivity (Wildman–Crippen MR) is 248 cm³/mol. The van der Waals surface area contributed by atoms with Crippen molar-refractivity contribution in [2.24, 2.45) is 0 Å². The maximum absolute atomic E-state index is 5.34. The molecule has 0 radical (unpaired) electrons. The molecule has 0 unspecified atom stereocenters. The highest BCUT2D eigenvalue weighted by Crippen LogP contribution is 2.40. The molecule has 0 amide bonds. The standard InChI is InChI=1S/C56H35N3/c1-2-14-39(15-3-1)56-50-35-55-49(34-48(50)46-18-8-10-20-51(46)58-56)47-19-9-11-21-54(47)59(55)45-28-26-38(27-29-45)52-32-44(42-24-22-36-12-4-6-16-40(36)30-42)33-53(57-52)43-25-23-37-13-5-7-17-41(37)31-43/h1-35H. The molecule has 0 bridgehead atoms. The molecule has 0 aliphatic carbocycles. The molecule has 12 rings (SSSR count). The second kappa shape index (κ2) is 13.4. The summed E-state index contributed by atoms with van der Waals surface area (Å²) in [4.78, 5) is 10.6. The molecule has 12 aromatic rings. The van der Waals surface area contributed by atoms with E-state index < -0.39 is 0 Å². The molecule has 274 valence electrons. The molecular weight excluding hydrogens is 715 g/mol. The molecule has 0 aliphatic rings. The third kappa shape index (κ3) is 5.59. The summed E-state index contributed by atoms with van der Waals surface area (Å²) in [5, 5.41) is 10.8. The first-order valence-electron chi connectivity index (χ1n) is 20.1. The van der Waals surface area contributed by atoms with Gasteiger partial charge in [-0.25, -0.2) is 9.97 Å². The van der Waals surface area contributed by atoms with Gasteiger partial charge in [0.15, 0.2) is 0 Å². The number of hydrogen-bond donors (Lipinski definition) is 0. The van der Waals surface area contributed by atoms with Gasteiger partial charge in [0.05, 0.1) is 33.6 Å². The number of nitrogens with zero attached hydrogens (tertiary/aromatic N) is 3. The number of rotatable bonds is 5. The van der Waals surface area contributed by atoms with Crippen molar-refractivity contribution in [2.75, 3.05) is 0 Å². The van der Waals surface area contributed by atoms with Crippen LogP contribution in [0.25, 0.3) is 116 Å². The Labute approximate surface area is 341 Å². The van der Waals surface area contributed by atoms with Gasteiger partial charge < -0.3 is 4.57 Å². The lowest BCUT2D eigenvalue weighted by Crippen LogP contribution is -1.96. The molecule has 3 nitrogen and oxygen atoms in total. The van der Waals surface area contributed by atoms with Gasteiger partial charge in [0, 0.05) is 43.9 Å². The highest BCUT2D eigenvalue weighted by Gasteiger charge is 2.18. The second-order valence-corrected chi connectivity index (χ2v) is 15.4. The molecular formula is C56H35N3. The Morgan fingerprint density at radius 3 is 1.64 bits per heavy atom. The van der Waals surface area contributed by atoms with Crippen molar-refractivity contribution in [1.29, 1.82) is 0 Å². The Balaban J connectivity index is 1.04. The first-order valence-corrected chi connectivity index (χ1v) is 20.1. The molecule has 0 saturated carbocycles. The fourth-order valence-corrected chi connectivity index (χ4v) is 9.00. The Hall–Kier alpha value is -7.88. The zero-order chi connectivity index (χ0) is 38.9. The predicted octanol–water partition coefficient (Wildman–Crippen LogP) is 14.9. The van der Waals surface area contributed by atoms with Crippen LogP contribution in [0.15, 0.2) is 212 Å². The van der Waals surface area contributed by atoms with Crippen LogP contribution in [-0.4, -0.2) is 14.5 Å². The van der Waals surface area contributed by atoms with Crippen molar-refractivity contribution in [3.63, 3.8) is 0 Å². The van der Waals surface area contributed by atoms with Gasteiger partial charge in [0.1, 0.15) is 0 Å². The van der Waals surface area contributed by atoms with Crippen molar-refractivity contribution in [2.45, 2.75) is 0 Å². The second-order valence-electron chi connectivity index (χ2n) is 15.4. The molecule has 0 aliphatic heterocycles. The van der Waals surface area contributed by atoms with E-state index in [-0.39, 0.29) is 0 Å².